The van der Waals surface area contributed by atoms with Gasteiger partial charge in [-0.1, -0.05) is 23.2 Å². The molecule has 0 aromatic carbocycles. The average Bonchev–Trinajstić information content (AvgIpc) is 2.12. The van der Waals surface area contributed by atoms with Crippen molar-refractivity contribution in [2.24, 2.45) is 0 Å². The number of phosphoric ester groups is 1. The van der Waals surface area contributed by atoms with Gasteiger partial charge in [0.05, 0.1) is 0 Å². The highest BCUT2D eigenvalue weighted by molar-refractivity contribution is 7.50. The van der Waals surface area contributed by atoms with Crippen molar-refractivity contribution in [2.75, 3.05) is 0 Å². The molecule has 0 aliphatic heterocycles. The second-order valence-electron chi connectivity index (χ2n) is 4.23. The lowest BCUT2D eigenvalue weighted by Gasteiger charge is -2.28. The SMILES string of the molecule is C[Si](C)(C)OP(=O)(OC(Cl)C(Cl)Cl)OC(Cl)C(Cl)Cl. The Kier molecular flexibility index (Phi) is 9.57. The Balaban J connectivity index is 4.97. The molecule has 0 saturated carbocycles. The Morgan fingerprint density at radius 1 is 0.842 bits per heavy atom. The van der Waals surface area contributed by atoms with Crippen LogP contribution in [0.4, 0.5) is 0 Å². The number of hydrogen-bond acceptors (Lipinski definition) is 4. The molecule has 0 aliphatic rings. The quantitative estimate of drug-likeness (QED) is 0.279. The molecule has 0 fully saturated rings. The summed E-state index contributed by atoms with van der Waals surface area (Å²) < 4.78 is 27.6. The predicted octanol–water partition coefficient (Wildman–Crippen LogP) is 5.72. The second-order valence-corrected chi connectivity index (χ2v) is 13.7. The summed E-state index contributed by atoms with van der Waals surface area (Å²) >= 11 is 33.4. The molecule has 2 atom stereocenters. The van der Waals surface area contributed by atoms with Gasteiger partial charge >= 0.3 is 7.82 Å². The summed E-state index contributed by atoms with van der Waals surface area (Å²) in [4.78, 5) is -2.28. The fourth-order valence-electron chi connectivity index (χ4n) is 0.742. The van der Waals surface area contributed by atoms with Gasteiger partial charge in [-0.05, 0) is 19.6 Å². The first-order valence-corrected chi connectivity index (χ1v) is 12.4. The van der Waals surface area contributed by atoms with Crippen molar-refractivity contribution in [1.29, 1.82) is 0 Å². The van der Waals surface area contributed by atoms with Gasteiger partial charge in [0.25, 0.3) is 0 Å². The van der Waals surface area contributed by atoms with Gasteiger partial charge in [-0.3, -0.25) is 9.05 Å². The zero-order chi connectivity index (χ0) is 15.4. The van der Waals surface area contributed by atoms with Gasteiger partial charge in [-0.25, -0.2) is 4.57 Å². The Labute approximate surface area is 143 Å². The first-order valence-electron chi connectivity index (χ1n) is 4.88. The molecular weight excluding hydrogens is 420 g/mol. The Morgan fingerprint density at radius 3 is 1.37 bits per heavy atom. The molecule has 0 aliphatic carbocycles. The summed E-state index contributed by atoms with van der Waals surface area (Å²) in [5, 5.41) is 0. The molecule has 0 bridgehead atoms. The van der Waals surface area contributed by atoms with E-state index < -0.39 is 36.9 Å². The van der Waals surface area contributed by atoms with E-state index in [9.17, 15) is 4.57 Å². The van der Waals surface area contributed by atoms with Gasteiger partial charge in [0.1, 0.15) is 9.67 Å². The molecule has 0 rings (SSSR count). The van der Waals surface area contributed by atoms with Gasteiger partial charge in [0.2, 0.25) is 0 Å². The molecule has 0 aromatic rings. The van der Waals surface area contributed by atoms with Crippen LogP contribution in [0.15, 0.2) is 0 Å². The second kappa shape index (κ2) is 8.63. The molecule has 0 amide bonds. The number of alkyl halides is 6. The van der Waals surface area contributed by atoms with Crippen LogP contribution in [-0.4, -0.2) is 29.1 Å². The lowest BCUT2D eigenvalue weighted by atomic mass is 10.8. The van der Waals surface area contributed by atoms with Crippen molar-refractivity contribution in [1.82, 2.24) is 0 Å². The highest BCUT2D eigenvalue weighted by Crippen LogP contribution is 2.56. The van der Waals surface area contributed by atoms with Crippen LogP contribution in [0.2, 0.25) is 19.6 Å². The van der Waals surface area contributed by atoms with E-state index in [1.54, 1.807) is 19.6 Å². The largest absolute Gasteiger partial charge is 0.468 e. The highest BCUT2D eigenvalue weighted by atomic mass is 35.5. The Hall–Kier alpha value is 2.07. The van der Waals surface area contributed by atoms with Crippen LogP contribution in [-0.2, 0) is 17.8 Å². The van der Waals surface area contributed by atoms with Gasteiger partial charge in [-0.2, -0.15) is 0 Å². The van der Waals surface area contributed by atoms with Crippen molar-refractivity contribution >= 4 is 85.7 Å². The summed E-state index contributed by atoms with van der Waals surface area (Å²) in [5.74, 6) is 0. The third-order valence-corrected chi connectivity index (χ3v) is 7.66. The number of phosphoric acid groups is 1. The van der Waals surface area contributed by atoms with E-state index in [1.165, 1.54) is 0 Å². The maximum absolute atomic E-state index is 12.4. The third kappa shape index (κ3) is 9.64. The van der Waals surface area contributed by atoms with Crippen LogP contribution in [0.1, 0.15) is 0 Å². The minimum Gasteiger partial charge on any atom is -0.330 e. The standard InChI is InChI=1S/C7H13Cl6O4PSi/c1-19(2,3)17-18(14,15-6(12)4(8)9)16-7(13)5(10)11/h4-7H,1-3H3. The summed E-state index contributed by atoms with van der Waals surface area (Å²) in [7, 11) is -6.40. The molecule has 4 nitrogen and oxygen atoms in total. The molecule has 12 heteroatoms. The minimum atomic E-state index is -4.10. The van der Waals surface area contributed by atoms with E-state index in [0.29, 0.717) is 0 Å². The van der Waals surface area contributed by atoms with E-state index in [-0.39, 0.29) is 0 Å². The molecule has 0 N–H and O–H groups in total. The van der Waals surface area contributed by atoms with Gasteiger partial charge in [0, 0.05) is 0 Å². The molecule has 0 saturated heterocycles. The van der Waals surface area contributed by atoms with Crippen molar-refractivity contribution < 1.29 is 17.8 Å². The summed E-state index contributed by atoms with van der Waals surface area (Å²) in [5.41, 5.74) is -2.61. The van der Waals surface area contributed by atoms with E-state index in [2.05, 4.69) is 0 Å². The third-order valence-electron chi connectivity index (χ3n) is 1.24. The van der Waals surface area contributed by atoms with Gasteiger partial charge in [-0.15, -0.1) is 46.4 Å². The van der Waals surface area contributed by atoms with Crippen LogP contribution in [0.3, 0.4) is 0 Å². The zero-order valence-corrected chi connectivity index (χ0v) is 16.6. The van der Waals surface area contributed by atoms with Gasteiger partial charge < -0.3 is 4.21 Å². The lowest BCUT2D eigenvalue weighted by molar-refractivity contribution is 0.137. The van der Waals surface area contributed by atoms with Gasteiger partial charge in [0.15, 0.2) is 19.4 Å². The van der Waals surface area contributed by atoms with E-state index in [4.69, 9.17) is 82.9 Å². The Bertz CT molecular complexity index is 305. The normalized spacial score (nSPS) is 19.5. The van der Waals surface area contributed by atoms with Crippen LogP contribution < -0.4 is 0 Å². The topological polar surface area (TPSA) is 44.8 Å². The van der Waals surface area contributed by atoms with Crippen LogP contribution in [0.5, 0.6) is 0 Å². The number of rotatable bonds is 8. The van der Waals surface area contributed by atoms with Crippen molar-refractivity contribution in [3.05, 3.63) is 0 Å². The summed E-state index contributed by atoms with van der Waals surface area (Å²) in [6.07, 6.45) is 0. The highest BCUT2D eigenvalue weighted by Gasteiger charge is 2.40. The van der Waals surface area contributed by atoms with Crippen molar-refractivity contribution in [3.63, 3.8) is 0 Å². The first-order chi connectivity index (χ1) is 8.36. The van der Waals surface area contributed by atoms with E-state index in [1.807, 2.05) is 0 Å². The fourth-order valence-corrected chi connectivity index (χ4v) is 5.63. The molecule has 0 radical (unpaired) electrons. The molecule has 0 spiro atoms. The van der Waals surface area contributed by atoms with Crippen LogP contribution in [0.25, 0.3) is 0 Å². The molecule has 116 valence electrons. The van der Waals surface area contributed by atoms with E-state index in [0.717, 1.165) is 0 Å². The fraction of sp³-hybridized carbons (Fsp3) is 1.00. The van der Waals surface area contributed by atoms with E-state index >= 15 is 0 Å². The van der Waals surface area contributed by atoms with Crippen LogP contribution in [0, 0.1) is 0 Å². The Morgan fingerprint density at radius 2 is 1.16 bits per heavy atom. The molecule has 2 unspecified atom stereocenters. The first kappa shape index (κ1) is 21.1. The maximum atomic E-state index is 12.4. The molecule has 19 heavy (non-hydrogen) atoms. The average molecular weight is 433 g/mol. The molecule has 0 aromatic heterocycles. The number of hydrogen-bond donors (Lipinski definition) is 0. The smallest absolute Gasteiger partial charge is 0.330 e. The monoisotopic (exact) mass is 430 g/mol. The molecule has 0 heterocycles. The minimum absolute atomic E-state index is 1.14. The van der Waals surface area contributed by atoms with Crippen LogP contribution >= 0.6 is 77.4 Å². The van der Waals surface area contributed by atoms with Crippen molar-refractivity contribution in [3.8, 4) is 0 Å². The maximum Gasteiger partial charge on any atom is 0.468 e. The lowest BCUT2D eigenvalue weighted by Crippen LogP contribution is -2.28. The summed E-state index contributed by atoms with van der Waals surface area (Å²) in [6.45, 7) is 5.28. The molecular formula is C7H13Cl6O4PSi. The number of halogens is 6. The zero-order valence-electron chi connectivity index (χ0n) is 10.2. The summed E-state index contributed by atoms with van der Waals surface area (Å²) in [6, 6.07) is 0. The van der Waals surface area contributed by atoms with Crippen molar-refractivity contribution in [2.45, 2.75) is 40.4 Å². The predicted molar refractivity (Wildman–Crippen MR) is 84.5 cm³/mol.